The Morgan fingerprint density at radius 1 is 1.52 bits per heavy atom. The van der Waals surface area contributed by atoms with Crippen LogP contribution in [0.2, 0.25) is 0 Å². The Bertz CT molecular complexity index is 502. The standard InChI is InChI=1S/C16H22FNO3/c1-4-18(12(2)11-21-3)10-14-7-5-13(9-15(14)17)6-8-16(19)20/h5-9,12H,4,10-11H2,1-3H3,(H,19,20). The predicted molar refractivity (Wildman–Crippen MR) is 80.5 cm³/mol. The molecule has 0 aliphatic carbocycles. The number of carboxylic acid groups (broad SMARTS) is 1. The number of hydrogen-bond donors (Lipinski definition) is 1. The van der Waals surface area contributed by atoms with E-state index < -0.39 is 5.97 Å². The molecule has 1 atom stereocenters. The van der Waals surface area contributed by atoms with Crippen molar-refractivity contribution in [1.29, 1.82) is 0 Å². The SMILES string of the molecule is CCN(Cc1ccc(C=CC(=O)O)cc1F)C(C)COC. The van der Waals surface area contributed by atoms with Crippen LogP contribution in [-0.2, 0) is 16.1 Å². The quantitative estimate of drug-likeness (QED) is 0.749. The number of carbonyl (C=O) groups is 1. The summed E-state index contributed by atoms with van der Waals surface area (Å²) in [5, 5.41) is 8.56. The lowest BCUT2D eigenvalue weighted by Crippen LogP contribution is -2.35. The van der Waals surface area contributed by atoms with Crippen molar-refractivity contribution in [3.63, 3.8) is 0 Å². The molecule has 0 aliphatic rings. The monoisotopic (exact) mass is 295 g/mol. The van der Waals surface area contributed by atoms with Crippen LogP contribution in [0.1, 0.15) is 25.0 Å². The largest absolute Gasteiger partial charge is 0.478 e. The molecule has 0 amide bonds. The molecule has 1 aromatic rings. The average Bonchev–Trinajstić information content (AvgIpc) is 2.44. The van der Waals surface area contributed by atoms with E-state index in [1.165, 1.54) is 12.1 Å². The van der Waals surface area contributed by atoms with Gasteiger partial charge >= 0.3 is 5.97 Å². The molecule has 0 saturated heterocycles. The lowest BCUT2D eigenvalue weighted by molar-refractivity contribution is -0.131. The van der Waals surface area contributed by atoms with Gasteiger partial charge in [0.2, 0.25) is 0 Å². The molecule has 116 valence electrons. The molecule has 0 radical (unpaired) electrons. The summed E-state index contributed by atoms with van der Waals surface area (Å²) >= 11 is 0. The van der Waals surface area contributed by atoms with Gasteiger partial charge in [0.05, 0.1) is 6.61 Å². The number of ether oxygens (including phenoxy) is 1. The first-order valence-electron chi connectivity index (χ1n) is 6.90. The Balaban J connectivity index is 2.82. The Kier molecular flexibility index (Phi) is 7.05. The van der Waals surface area contributed by atoms with Crippen LogP contribution < -0.4 is 0 Å². The van der Waals surface area contributed by atoms with Crippen LogP contribution in [0.15, 0.2) is 24.3 Å². The van der Waals surface area contributed by atoms with Gasteiger partial charge in [-0.2, -0.15) is 0 Å². The summed E-state index contributed by atoms with van der Waals surface area (Å²) in [6, 6.07) is 4.96. The minimum Gasteiger partial charge on any atom is -0.478 e. The molecule has 0 aromatic heterocycles. The van der Waals surface area contributed by atoms with Crippen LogP contribution in [0.25, 0.3) is 6.08 Å². The van der Waals surface area contributed by atoms with E-state index in [-0.39, 0.29) is 11.9 Å². The minimum absolute atomic E-state index is 0.200. The number of halogens is 1. The first kappa shape index (κ1) is 17.3. The fraction of sp³-hybridized carbons (Fsp3) is 0.438. The maximum Gasteiger partial charge on any atom is 0.328 e. The van der Waals surface area contributed by atoms with Gasteiger partial charge in [-0.1, -0.05) is 19.1 Å². The molecule has 1 aromatic carbocycles. The van der Waals surface area contributed by atoms with Crippen molar-refractivity contribution in [1.82, 2.24) is 4.90 Å². The van der Waals surface area contributed by atoms with Crippen LogP contribution in [-0.4, -0.2) is 42.3 Å². The molecule has 0 heterocycles. The van der Waals surface area contributed by atoms with Crippen LogP contribution in [0.3, 0.4) is 0 Å². The van der Waals surface area contributed by atoms with Crippen LogP contribution in [0.4, 0.5) is 4.39 Å². The number of aliphatic carboxylic acids is 1. The summed E-state index contributed by atoms with van der Waals surface area (Å²) in [7, 11) is 1.65. The Labute approximate surface area is 124 Å². The van der Waals surface area contributed by atoms with E-state index >= 15 is 0 Å². The van der Waals surface area contributed by atoms with Crippen LogP contribution in [0, 0.1) is 5.82 Å². The van der Waals surface area contributed by atoms with E-state index in [2.05, 4.69) is 4.90 Å². The summed E-state index contributed by atoms with van der Waals surface area (Å²) in [5.74, 6) is -1.38. The number of carboxylic acids is 1. The fourth-order valence-electron chi connectivity index (χ4n) is 2.11. The zero-order chi connectivity index (χ0) is 15.8. The third kappa shape index (κ3) is 5.65. The molecule has 0 aliphatic heterocycles. The summed E-state index contributed by atoms with van der Waals surface area (Å²) in [5.41, 5.74) is 1.12. The third-order valence-electron chi connectivity index (χ3n) is 3.31. The van der Waals surface area contributed by atoms with Crippen molar-refractivity contribution >= 4 is 12.0 Å². The van der Waals surface area contributed by atoms with Crippen molar-refractivity contribution < 1.29 is 19.0 Å². The topological polar surface area (TPSA) is 49.8 Å². The second-order valence-electron chi connectivity index (χ2n) is 4.89. The van der Waals surface area contributed by atoms with Crippen LogP contribution >= 0.6 is 0 Å². The maximum absolute atomic E-state index is 14.1. The summed E-state index contributed by atoms with van der Waals surface area (Å²) < 4.78 is 19.2. The highest BCUT2D eigenvalue weighted by atomic mass is 19.1. The number of nitrogens with zero attached hydrogens (tertiary/aromatic N) is 1. The van der Waals surface area contributed by atoms with Crippen molar-refractivity contribution in [2.75, 3.05) is 20.3 Å². The van der Waals surface area contributed by atoms with Gasteiger partial charge in [-0.05, 0) is 31.2 Å². The van der Waals surface area contributed by atoms with Gasteiger partial charge in [0.25, 0.3) is 0 Å². The fourth-order valence-corrected chi connectivity index (χ4v) is 2.11. The van der Waals surface area contributed by atoms with E-state index in [4.69, 9.17) is 9.84 Å². The Hall–Kier alpha value is -1.72. The van der Waals surface area contributed by atoms with Crippen molar-refractivity contribution in [2.24, 2.45) is 0 Å². The van der Waals surface area contributed by atoms with Crippen molar-refractivity contribution in [3.05, 3.63) is 41.2 Å². The van der Waals surface area contributed by atoms with Gasteiger partial charge < -0.3 is 9.84 Å². The van der Waals surface area contributed by atoms with Gasteiger partial charge in [-0.25, -0.2) is 9.18 Å². The maximum atomic E-state index is 14.1. The summed E-state index contributed by atoms with van der Waals surface area (Å²) in [4.78, 5) is 12.6. The summed E-state index contributed by atoms with van der Waals surface area (Å²) in [6.07, 6.45) is 2.37. The van der Waals surface area contributed by atoms with Gasteiger partial charge in [-0.3, -0.25) is 4.90 Å². The number of benzene rings is 1. The first-order valence-corrected chi connectivity index (χ1v) is 6.90. The first-order chi connectivity index (χ1) is 9.97. The third-order valence-corrected chi connectivity index (χ3v) is 3.31. The van der Waals surface area contributed by atoms with E-state index in [0.717, 1.165) is 12.6 Å². The zero-order valence-corrected chi connectivity index (χ0v) is 12.7. The molecule has 0 fully saturated rings. The van der Waals surface area contributed by atoms with Crippen molar-refractivity contribution in [3.8, 4) is 0 Å². The smallest absolute Gasteiger partial charge is 0.328 e. The second kappa shape index (κ2) is 8.54. The van der Waals surface area contributed by atoms with Gasteiger partial charge in [0.1, 0.15) is 5.82 Å². The van der Waals surface area contributed by atoms with Crippen molar-refractivity contribution in [2.45, 2.75) is 26.4 Å². The molecule has 1 rings (SSSR count). The number of methoxy groups -OCH3 is 1. The normalized spacial score (nSPS) is 13.0. The molecule has 1 unspecified atom stereocenters. The molecule has 1 N–H and O–H groups in total. The zero-order valence-electron chi connectivity index (χ0n) is 12.7. The molecule has 5 heteroatoms. The Morgan fingerprint density at radius 3 is 2.76 bits per heavy atom. The molecule has 4 nitrogen and oxygen atoms in total. The van der Waals surface area contributed by atoms with Crippen LogP contribution in [0.5, 0.6) is 0 Å². The second-order valence-corrected chi connectivity index (χ2v) is 4.89. The van der Waals surface area contributed by atoms with Gasteiger partial charge in [0.15, 0.2) is 0 Å². The lowest BCUT2D eigenvalue weighted by Gasteiger charge is -2.27. The molecular weight excluding hydrogens is 273 g/mol. The highest BCUT2D eigenvalue weighted by Crippen LogP contribution is 2.15. The number of rotatable bonds is 8. The predicted octanol–water partition coefficient (Wildman–Crippen LogP) is 2.78. The highest BCUT2D eigenvalue weighted by molar-refractivity contribution is 5.85. The highest BCUT2D eigenvalue weighted by Gasteiger charge is 2.14. The number of hydrogen-bond acceptors (Lipinski definition) is 3. The minimum atomic E-state index is -1.05. The molecule has 0 saturated carbocycles. The van der Waals surface area contributed by atoms with E-state index in [9.17, 15) is 9.18 Å². The Morgan fingerprint density at radius 2 is 2.24 bits per heavy atom. The molecular formula is C16H22FNO3. The van der Waals surface area contributed by atoms with Gasteiger partial charge in [0, 0.05) is 31.3 Å². The molecule has 0 spiro atoms. The molecule has 21 heavy (non-hydrogen) atoms. The number of likely N-dealkylation sites (N-methyl/N-ethyl adjacent to an activating group) is 1. The lowest BCUT2D eigenvalue weighted by atomic mass is 10.1. The average molecular weight is 295 g/mol. The van der Waals surface area contributed by atoms with Gasteiger partial charge in [-0.15, -0.1) is 0 Å². The van der Waals surface area contributed by atoms with E-state index in [1.807, 2.05) is 13.8 Å². The van der Waals surface area contributed by atoms with E-state index in [1.54, 1.807) is 19.2 Å². The molecule has 0 bridgehead atoms. The van der Waals surface area contributed by atoms with E-state index in [0.29, 0.717) is 24.3 Å². The summed E-state index contributed by atoms with van der Waals surface area (Å²) in [6.45, 7) is 5.94.